The second-order valence-electron chi connectivity index (χ2n) is 5.34. The molecule has 2 N–H and O–H groups in total. The number of anilines is 1. The van der Waals surface area contributed by atoms with Crippen LogP contribution < -0.4 is 5.73 Å². The SMILES string of the molecule is CN1CCCC1CN(C)S(=O)(=O)c1ccc(Cl)c(N)c1Cl. The highest BCUT2D eigenvalue weighted by Gasteiger charge is 2.30. The van der Waals surface area contributed by atoms with Crippen LogP contribution in [0.15, 0.2) is 17.0 Å². The molecule has 0 bridgehead atoms. The van der Waals surface area contributed by atoms with Crippen LogP contribution in [0.4, 0.5) is 5.69 Å². The molecule has 1 aromatic carbocycles. The van der Waals surface area contributed by atoms with Gasteiger partial charge in [0.15, 0.2) is 0 Å². The van der Waals surface area contributed by atoms with Crippen molar-refractivity contribution in [3.8, 4) is 0 Å². The molecular formula is C13H19Cl2N3O2S. The molecule has 1 fully saturated rings. The van der Waals surface area contributed by atoms with Gasteiger partial charge in [-0.05, 0) is 38.6 Å². The monoisotopic (exact) mass is 351 g/mol. The third-order valence-corrected chi connectivity index (χ3v) is 6.63. The first-order valence-electron chi connectivity index (χ1n) is 6.65. The number of likely N-dealkylation sites (tertiary alicyclic amines) is 1. The highest BCUT2D eigenvalue weighted by molar-refractivity contribution is 7.89. The smallest absolute Gasteiger partial charge is 0.244 e. The number of hydrogen-bond donors (Lipinski definition) is 1. The van der Waals surface area contributed by atoms with Crippen LogP contribution in [-0.2, 0) is 10.0 Å². The third-order valence-electron chi connectivity index (χ3n) is 3.92. The Kier molecular flexibility index (Phi) is 5.05. The predicted octanol–water partition coefficient (Wildman–Crippen LogP) is 2.29. The molecule has 2 rings (SSSR count). The van der Waals surface area contributed by atoms with E-state index in [1.807, 2.05) is 7.05 Å². The number of sulfonamides is 1. The molecule has 0 spiro atoms. The van der Waals surface area contributed by atoms with E-state index < -0.39 is 10.0 Å². The number of nitrogens with two attached hydrogens (primary N) is 1. The van der Waals surface area contributed by atoms with E-state index in [1.54, 1.807) is 7.05 Å². The Morgan fingerprint density at radius 2 is 2.10 bits per heavy atom. The molecule has 0 amide bonds. The molecule has 21 heavy (non-hydrogen) atoms. The van der Waals surface area contributed by atoms with Crippen molar-refractivity contribution in [3.05, 3.63) is 22.2 Å². The number of nitrogen functional groups attached to an aromatic ring is 1. The second-order valence-corrected chi connectivity index (χ2v) is 8.13. The standard InChI is InChI=1S/C13H19Cl2N3O2S/c1-17-7-3-4-9(17)8-18(2)21(19,20)11-6-5-10(14)13(16)12(11)15/h5-6,9H,3-4,7-8,16H2,1-2H3. The topological polar surface area (TPSA) is 66.6 Å². The van der Waals surface area contributed by atoms with Crippen LogP contribution in [-0.4, -0.2) is 50.8 Å². The maximum absolute atomic E-state index is 12.6. The fraction of sp³-hybridized carbons (Fsp3) is 0.538. The Morgan fingerprint density at radius 3 is 2.67 bits per heavy atom. The lowest BCUT2D eigenvalue weighted by Gasteiger charge is -2.25. The quantitative estimate of drug-likeness (QED) is 0.845. The number of likely N-dealkylation sites (N-methyl/N-ethyl adjacent to an activating group) is 2. The first-order chi connectivity index (χ1) is 9.75. The van der Waals surface area contributed by atoms with Crippen LogP contribution in [0.1, 0.15) is 12.8 Å². The van der Waals surface area contributed by atoms with E-state index in [-0.39, 0.29) is 26.7 Å². The van der Waals surface area contributed by atoms with Gasteiger partial charge in [0.05, 0.1) is 15.7 Å². The molecule has 8 heteroatoms. The van der Waals surface area contributed by atoms with E-state index in [2.05, 4.69) is 4.90 Å². The Balaban J connectivity index is 2.27. The van der Waals surface area contributed by atoms with Gasteiger partial charge in [-0.15, -0.1) is 0 Å². The average Bonchev–Trinajstić information content (AvgIpc) is 2.81. The maximum atomic E-state index is 12.6. The molecule has 0 aliphatic carbocycles. The van der Waals surface area contributed by atoms with Gasteiger partial charge >= 0.3 is 0 Å². The molecule has 5 nitrogen and oxygen atoms in total. The lowest BCUT2D eigenvalue weighted by Crippen LogP contribution is -2.39. The van der Waals surface area contributed by atoms with Gasteiger partial charge in [0.1, 0.15) is 4.90 Å². The fourth-order valence-electron chi connectivity index (χ4n) is 2.52. The summed E-state index contributed by atoms with van der Waals surface area (Å²) in [7, 11) is -0.120. The molecule has 1 unspecified atom stereocenters. The Morgan fingerprint density at radius 1 is 1.43 bits per heavy atom. The summed E-state index contributed by atoms with van der Waals surface area (Å²) < 4.78 is 26.6. The minimum absolute atomic E-state index is 0.00535. The maximum Gasteiger partial charge on any atom is 0.244 e. The second kappa shape index (κ2) is 6.30. The molecule has 118 valence electrons. The number of hydrogen-bond acceptors (Lipinski definition) is 4. The zero-order valence-corrected chi connectivity index (χ0v) is 14.3. The van der Waals surface area contributed by atoms with E-state index in [0.29, 0.717) is 6.54 Å². The van der Waals surface area contributed by atoms with Crippen molar-refractivity contribution in [1.29, 1.82) is 0 Å². The van der Waals surface area contributed by atoms with Gasteiger partial charge in [-0.2, -0.15) is 4.31 Å². The molecule has 1 aliphatic rings. The Bertz CT molecular complexity index is 637. The van der Waals surface area contributed by atoms with Gasteiger partial charge in [0.25, 0.3) is 0 Å². The van der Waals surface area contributed by atoms with Crippen LogP contribution >= 0.6 is 23.2 Å². The summed E-state index contributed by atoms with van der Waals surface area (Å²) in [4.78, 5) is 2.17. The van der Waals surface area contributed by atoms with Crippen molar-refractivity contribution >= 4 is 38.9 Å². The van der Waals surface area contributed by atoms with Gasteiger partial charge in [0.2, 0.25) is 10.0 Å². The Hall–Kier alpha value is -0.530. The number of rotatable bonds is 4. The third kappa shape index (κ3) is 3.29. The zero-order chi connectivity index (χ0) is 15.8. The van der Waals surface area contributed by atoms with Crippen molar-refractivity contribution in [2.75, 3.05) is 32.9 Å². The molecular weight excluding hydrogens is 333 g/mol. The molecule has 1 saturated heterocycles. The molecule has 1 aliphatic heterocycles. The minimum Gasteiger partial charge on any atom is -0.396 e. The van der Waals surface area contributed by atoms with E-state index in [9.17, 15) is 8.42 Å². The van der Waals surface area contributed by atoms with Crippen molar-refractivity contribution in [1.82, 2.24) is 9.21 Å². The van der Waals surface area contributed by atoms with Crippen LogP contribution in [0.25, 0.3) is 0 Å². The molecule has 0 aromatic heterocycles. The fourth-order valence-corrected chi connectivity index (χ4v) is 4.47. The first kappa shape index (κ1) is 16.8. The summed E-state index contributed by atoms with van der Waals surface area (Å²) in [5.41, 5.74) is 5.80. The molecule has 1 atom stereocenters. The minimum atomic E-state index is -3.68. The average molecular weight is 352 g/mol. The van der Waals surface area contributed by atoms with Gasteiger partial charge in [-0.3, -0.25) is 0 Å². The van der Waals surface area contributed by atoms with Crippen LogP contribution in [0, 0.1) is 0 Å². The lowest BCUT2D eigenvalue weighted by molar-refractivity contribution is 0.271. The summed E-state index contributed by atoms with van der Waals surface area (Å²) in [6, 6.07) is 3.07. The van der Waals surface area contributed by atoms with Crippen molar-refractivity contribution in [2.24, 2.45) is 0 Å². The Labute approximate surface area is 135 Å². The summed E-state index contributed by atoms with van der Waals surface area (Å²) in [5.74, 6) is 0. The van der Waals surface area contributed by atoms with E-state index in [1.165, 1.54) is 16.4 Å². The zero-order valence-electron chi connectivity index (χ0n) is 12.0. The summed E-state index contributed by atoms with van der Waals surface area (Å²) >= 11 is 11.9. The van der Waals surface area contributed by atoms with E-state index >= 15 is 0 Å². The summed E-state index contributed by atoms with van der Waals surface area (Å²) in [6.45, 7) is 1.42. The number of benzene rings is 1. The van der Waals surface area contributed by atoms with Crippen LogP contribution in [0.2, 0.25) is 10.0 Å². The number of nitrogens with zero attached hydrogens (tertiary/aromatic N) is 2. The lowest BCUT2D eigenvalue weighted by atomic mass is 10.2. The first-order valence-corrected chi connectivity index (χ1v) is 8.84. The van der Waals surface area contributed by atoms with E-state index in [0.717, 1.165) is 19.4 Å². The van der Waals surface area contributed by atoms with Crippen molar-refractivity contribution in [2.45, 2.75) is 23.8 Å². The molecule has 0 radical (unpaired) electrons. The summed E-state index contributed by atoms with van der Waals surface area (Å²) in [5, 5.41) is 0.228. The van der Waals surface area contributed by atoms with Gasteiger partial charge in [-0.1, -0.05) is 23.2 Å². The molecule has 1 aromatic rings. The predicted molar refractivity (Wildman–Crippen MR) is 86.3 cm³/mol. The summed E-state index contributed by atoms with van der Waals surface area (Å²) in [6.07, 6.45) is 2.08. The van der Waals surface area contributed by atoms with Gasteiger partial charge < -0.3 is 10.6 Å². The van der Waals surface area contributed by atoms with Crippen LogP contribution in [0.3, 0.4) is 0 Å². The molecule has 1 heterocycles. The van der Waals surface area contributed by atoms with Crippen molar-refractivity contribution in [3.63, 3.8) is 0 Å². The highest BCUT2D eigenvalue weighted by Crippen LogP contribution is 2.34. The van der Waals surface area contributed by atoms with Crippen LogP contribution in [0.5, 0.6) is 0 Å². The van der Waals surface area contributed by atoms with Crippen molar-refractivity contribution < 1.29 is 8.42 Å². The largest absolute Gasteiger partial charge is 0.396 e. The van der Waals surface area contributed by atoms with Gasteiger partial charge in [-0.25, -0.2) is 8.42 Å². The van der Waals surface area contributed by atoms with Gasteiger partial charge in [0, 0.05) is 19.6 Å². The normalized spacial score (nSPS) is 20.3. The van der Waals surface area contributed by atoms with E-state index in [4.69, 9.17) is 28.9 Å². The highest BCUT2D eigenvalue weighted by atomic mass is 35.5. The number of halogens is 2. The molecule has 0 saturated carbocycles.